The number of halogens is 2. The van der Waals surface area contributed by atoms with Gasteiger partial charge in [0.25, 0.3) is 5.91 Å². The molecule has 0 fully saturated rings. The van der Waals surface area contributed by atoms with E-state index in [0.717, 1.165) is 5.56 Å². The van der Waals surface area contributed by atoms with Gasteiger partial charge in [0.1, 0.15) is 12.0 Å². The van der Waals surface area contributed by atoms with Crippen LogP contribution in [0.3, 0.4) is 0 Å². The number of carbonyl (C=O) groups is 1. The number of anilines is 4. The zero-order chi connectivity index (χ0) is 19.4. The molecule has 5 N–H and O–H groups in total. The molecule has 1 amide bonds. The number of nitrogens with two attached hydrogens (primary N) is 1. The highest BCUT2D eigenvalue weighted by atomic mass is 35.5. The number of rotatable bonds is 5. The number of carbonyl (C=O) groups excluding carboxylic acids is 1. The van der Waals surface area contributed by atoms with Gasteiger partial charge in [-0.05, 0) is 37.3 Å². The third kappa shape index (κ3) is 4.58. The average molecular weight is 403 g/mol. The number of hydrogen-bond acceptors (Lipinski definition) is 6. The Bertz CT molecular complexity index is 978. The van der Waals surface area contributed by atoms with Gasteiger partial charge < -0.3 is 11.1 Å². The summed E-state index contributed by atoms with van der Waals surface area (Å²) in [6, 6.07) is 12.2. The maximum Gasteiger partial charge on any atom is 0.269 e. The minimum atomic E-state index is -0.316. The molecule has 0 aliphatic carbocycles. The maximum absolute atomic E-state index is 12.2. The van der Waals surface area contributed by atoms with Gasteiger partial charge in [0, 0.05) is 10.6 Å². The van der Waals surface area contributed by atoms with Crippen molar-refractivity contribution in [2.24, 2.45) is 0 Å². The number of hydrogen-bond donors (Lipinski definition) is 4. The number of nitrogens with one attached hydrogen (secondary N) is 3. The summed E-state index contributed by atoms with van der Waals surface area (Å²) in [4.78, 5) is 20.3. The predicted molar refractivity (Wildman–Crippen MR) is 108 cm³/mol. The SMILES string of the molecule is Cc1ccc(C(=O)NNc2ncnc(Nc3ccc(Cl)cc3Cl)c2N)cc1. The molecule has 3 aromatic rings. The van der Waals surface area contributed by atoms with Crippen molar-refractivity contribution in [3.63, 3.8) is 0 Å². The second kappa shape index (κ2) is 8.11. The van der Waals surface area contributed by atoms with Crippen LogP contribution in [0.1, 0.15) is 15.9 Å². The molecule has 0 aliphatic heterocycles. The topological polar surface area (TPSA) is 105 Å². The van der Waals surface area contributed by atoms with E-state index in [1.165, 1.54) is 6.33 Å². The van der Waals surface area contributed by atoms with E-state index in [1.807, 2.05) is 19.1 Å². The normalized spacial score (nSPS) is 10.3. The standard InChI is InChI=1S/C18H16Cl2N6O/c1-10-2-4-11(5-3-10)18(27)26-25-17-15(21)16(22-9-23-17)24-14-7-6-12(19)8-13(14)20/h2-9H,21H2,1H3,(H,26,27)(H2,22,23,24,25). The van der Waals surface area contributed by atoms with Crippen LogP contribution in [0.4, 0.5) is 23.0 Å². The zero-order valence-corrected chi connectivity index (χ0v) is 15.8. The molecule has 3 rings (SSSR count). The highest BCUT2D eigenvalue weighted by Crippen LogP contribution is 2.31. The Balaban J connectivity index is 1.72. The van der Waals surface area contributed by atoms with Crippen molar-refractivity contribution >= 4 is 52.1 Å². The van der Waals surface area contributed by atoms with E-state index in [4.69, 9.17) is 28.9 Å². The summed E-state index contributed by atoms with van der Waals surface area (Å²) in [6.07, 6.45) is 1.31. The molecule has 2 aromatic carbocycles. The molecule has 0 radical (unpaired) electrons. The minimum absolute atomic E-state index is 0.215. The highest BCUT2D eigenvalue weighted by Gasteiger charge is 2.12. The van der Waals surface area contributed by atoms with Gasteiger partial charge in [-0.15, -0.1) is 0 Å². The molecule has 0 saturated carbocycles. The molecule has 0 bridgehead atoms. The number of hydrazine groups is 1. The third-order valence-corrected chi connectivity index (χ3v) is 4.22. The number of amides is 1. The molecular weight excluding hydrogens is 387 g/mol. The first-order chi connectivity index (χ1) is 12.9. The average Bonchev–Trinajstić information content (AvgIpc) is 2.65. The highest BCUT2D eigenvalue weighted by molar-refractivity contribution is 6.36. The van der Waals surface area contributed by atoms with Crippen molar-refractivity contribution in [3.8, 4) is 0 Å². The van der Waals surface area contributed by atoms with Crippen LogP contribution in [0, 0.1) is 6.92 Å². The molecule has 1 heterocycles. The molecule has 1 aromatic heterocycles. The van der Waals surface area contributed by atoms with Crippen molar-refractivity contribution in [1.82, 2.24) is 15.4 Å². The first-order valence-electron chi connectivity index (χ1n) is 7.89. The Labute approximate surface area is 165 Å². The monoisotopic (exact) mass is 402 g/mol. The lowest BCUT2D eigenvalue weighted by atomic mass is 10.1. The van der Waals surface area contributed by atoms with Gasteiger partial charge in [-0.25, -0.2) is 9.97 Å². The van der Waals surface area contributed by atoms with Crippen molar-refractivity contribution in [2.75, 3.05) is 16.5 Å². The fraction of sp³-hybridized carbons (Fsp3) is 0.0556. The van der Waals surface area contributed by atoms with Crippen molar-refractivity contribution < 1.29 is 4.79 Å². The molecule has 27 heavy (non-hydrogen) atoms. The largest absolute Gasteiger partial charge is 0.393 e. The Morgan fingerprint density at radius 1 is 1.04 bits per heavy atom. The van der Waals surface area contributed by atoms with Crippen LogP contribution in [0.25, 0.3) is 0 Å². The predicted octanol–water partition coefficient (Wildman–Crippen LogP) is 4.17. The minimum Gasteiger partial charge on any atom is -0.393 e. The van der Waals surface area contributed by atoms with Crippen LogP contribution in [0.15, 0.2) is 48.8 Å². The molecule has 9 heteroatoms. The van der Waals surface area contributed by atoms with Gasteiger partial charge in [0.15, 0.2) is 11.6 Å². The van der Waals surface area contributed by atoms with Crippen LogP contribution in [0.2, 0.25) is 10.0 Å². The van der Waals surface area contributed by atoms with E-state index in [-0.39, 0.29) is 17.4 Å². The van der Waals surface area contributed by atoms with Crippen LogP contribution < -0.4 is 21.9 Å². The van der Waals surface area contributed by atoms with Crippen LogP contribution >= 0.6 is 23.2 Å². The lowest BCUT2D eigenvalue weighted by Crippen LogP contribution is -2.30. The number of aryl methyl sites for hydroxylation is 1. The summed E-state index contributed by atoms with van der Waals surface area (Å²) in [6.45, 7) is 1.95. The van der Waals surface area contributed by atoms with Gasteiger partial charge in [0.2, 0.25) is 0 Å². The number of aromatic nitrogens is 2. The second-order valence-electron chi connectivity index (χ2n) is 5.68. The summed E-state index contributed by atoms with van der Waals surface area (Å²) in [7, 11) is 0. The summed E-state index contributed by atoms with van der Waals surface area (Å²) in [5, 5.41) is 3.95. The van der Waals surface area contributed by atoms with Crippen LogP contribution in [0.5, 0.6) is 0 Å². The van der Waals surface area contributed by atoms with E-state index in [2.05, 4.69) is 26.1 Å². The smallest absolute Gasteiger partial charge is 0.269 e. The van der Waals surface area contributed by atoms with E-state index >= 15 is 0 Å². The third-order valence-electron chi connectivity index (χ3n) is 3.68. The van der Waals surface area contributed by atoms with Gasteiger partial charge in [-0.3, -0.25) is 15.6 Å². The van der Waals surface area contributed by atoms with E-state index < -0.39 is 0 Å². The summed E-state index contributed by atoms with van der Waals surface area (Å²) in [5.41, 5.74) is 13.7. The zero-order valence-electron chi connectivity index (χ0n) is 14.3. The number of nitrogen functional groups attached to an aromatic ring is 1. The van der Waals surface area contributed by atoms with Gasteiger partial charge in [0.05, 0.1) is 10.7 Å². The molecule has 0 atom stereocenters. The molecule has 138 valence electrons. The van der Waals surface area contributed by atoms with Crippen LogP contribution in [-0.2, 0) is 0 Å². The van der Waals surface area contributed by atoms with E-state index in [9.17, 15) is 4.79 Å². The quantitative estimate of drug-likeness (QED) is 0.477. The van der Waals surface area contributed by atoms with Gasteiger partial charge in [-0.1, -0.05) is 40.9 Å². The second-order valence-corrected chi connectivity index (χ2v) is 6.52. The maximum atomic E-state index is 12.2. The molecule has 0 aliphatic rings. The summed E-state index contributed by atoms with van der Waals surface area (Å²) in [5.74, 6) is 0.266. The molecular formula is C18H16Cl2N6O. The molecule has 0 spiro atoms. The Hall–Kier alpha value is -3.03. The van der Waals surface area contributed by atoms with Gasteiger partial charge >= 0.3 is 0 Å². The lowest BCUT2D eigenvalue weighted by Gasteiger charge is -2.14. The molecule has 0 unspecified atom stereocenters. The van der Waals surface area contributed by atoms with Crippen molar-refractivity contribution in [1.29, 1.82) is 0 Å². The molecule has 0 saturated heterocycles. The Kier molecular flexibility index (Phi) is 5.63. The first-order valence-corrected chi connectivity index (χ1v) is 8.65. The van der Waals surface area contributed by atoms with Crippen molar-refractivity contribution in [3.05, 3.63) is 70.0 Å². The summed E-state index contributed by atoms with van der Waals surface area (Å²) >= 11 is 12.0. The summed E-state index contributed by atoms with van der Waals surface area (Å²) < 4.78 is 0. The van der Waals surface area contributed by atoms with Crippen LogP contribution in [-0.4, -0.2) is 15.9 Å². The Morgan fingerprint density at radius 2 is 1.74 bits per heavy atom. The van der Waals surface area contributed by atoms with E-state index in [0.29, 0.717) is 27.1 Å². The van der Waals surface area contributed by atoms with Crippen molar-refractivity contribution in [2.45, 2.75) is 6.92 Å². The first kappa shape index (κ1) is 18.8. The van der Waals surface area contributed by atoms with E-state index in [1.54, 1.807) is 30.3 Å². The lowest BCUT2D eigenvalue weighted by molar-refractivity contribution is 0.0962. The fourth-order valence-corrected chi connectivity index (χ4v) is 2.66. The number of nitrogens with zero attached hydrogens (tertiary/aromatic N) is 2. The Morgan fingerprint density at radius 3 is 2.44 bits per heavy atom. The molecule has 7 nitrogen and oxygen atoms in total. The fourth-order valence-electron chi connectivity index (χ4n) is 2.21. The van der Waals surface area contributed by atoms with Gasteiger partial charge in [-0.2, -0.15) is 0 Å². The number of benzene rings is 2.